The smallest absolute Gasteiger partial charge is 0.253 e. The second-order valence-corrected chi connectivity index (χ2v) is 8.27. The summed E-state index contributed by atoms with van der Waals surface area (Å²) in [7, 11) is 3.40. The zero-order valence-corrected chi connectivity index (χ0v) is 18.3. The summed E-state index contributed by atoms with van der Waals surface area (Å²) in [5.41, 5.74) is 2.45. The van der Waals surface area contributed by atoms with Crippen LogP contribution < -0.4 is 9.47 Å². The SMILES string of the molecule is COc1ccc(Br)cc1CN(C)C(=O)c1ccc(OCc2csc(C)n2)cc1. The van der Waals surface area contributed by atoms with Crippen LogP contribution in [0.2, 0.25) is 0 Å². The molecule has 0 saturated carbocycles. The summed E-state index contributed by atoms with van der Waals surface area (Å²) in [6.07, 6.45) is 0. The van der Waals surface area contributed by atoms with E-state index in [0.717, 1.165) is 26.5 Å². The van der Waals surface area contributed by atoms with E-state index in [9.17, 15) is 4.79 Å². The minimum atomic E-state index is -0.0660. The van der Waals surface area contributed by atoms with Gasteiger partial charge in [0.2, 0.25) is 0 Å². The Bertz CT molecular complexity index is 957. The zero-order valence-electron chi connectivity index (χ0n) is 15.9. The molecule has 1 amide bonds. The van der Waals surface area contributed by atoms with Crippen LogP contribution >= 0.6 is 27.3 Å². The second kappa shape index (κ2) is 9.21. The highest BCUT2D eigenvalue weighted by Crippen LogP contribution is 2.25. The maximum atomic E-state index is 12.8. The van der Waals surface area contributed by atoms with E-state index in [1.54, 1.807) is 54.7 Å². The first-order chi connectivity index (χ1) is 13.5. The number of carbonyl (C=O) groups excluding carboxylic acids is 1. The quantitative estimate of drug-likeness (QED) is 0.493. The first-order valence-corrected chi connectivity index (χ1v) is 10.4. The van der Waals surface area contributed by atoms with E-state index in [2.05, 4.69) is 20.9 Å². The van der Waals surface area contributed by atoms with E-state index >= 15 is 0 Å². The first-order valence-electron chi connectivity index (χ1n) is 8.68. The third-order valence-corrected chi connectivity index (χ3v) is 5.47. The summed E-state index contributed by atoms with van der Waals surface area (Å²) in [6, 6.07) is 12.9. The number of methoxy groups -OCH3 is 1. The van der Waals surface area contributed by atoms with Crippen LogP contribution in [0.4, 0.5) is 0 Å². The topological polar surface area (TPSA) is 51.7 Å². The molecule has 28 heavy (non-hydrogen) atoms. The van der Waals surface area contributed by atoms with Crippen molar-refractivity contribution in [1.29, 1.82) is 0 Å². The van der Waals surface area contributed by atoms with Crippen LogP contribution in [0.25, 0.3) is 0 Å². The number of amides is 1. The fraction of sp³-hybridized carbons (Fsp3) is 0.238. The lowest BCUT2D eigenvalue weighted by atomic mass is 10.1. The Hall–Kier alpha value is -2.38. The molecule has 0 unspecified atom stereocenters. The Morgan fingerprint density at radius 3 is 2.61 bits per heavy atom. The molecule has 0 radical (unpaired) electrons. The van der Waals surface area contributed by atoms with Crippen molar-refractivity contribution in [2.24, 2.45) is 0 Å². The molecule has 0 aliphatic rings. The van der Waals surface area contributed by atoms with Crippen molar-refractivity contribution in [3.05, 3.63) is 74.1 Å². The number of aryl methyl sites for hydroxylation is 1. The molecule has 7 heteroatoms. The number of thiazole rings is 1. The summed E-state index contributed by atoms with van der Waals surface area (Å²) >= 11 is 5.06. The van der Waals surface area contributed by atoms with Gasteiger partial charge in [0, 0.05) is 34.6 Å². The number of carbonyl (C=O) groups is 1. The van der Waals surface area contributed by atoms with E-state index in [-0.39, 0.29) is 5.91 Å². The summed E-state index contributed by atoms with van der Waals surface area (Å²) in [5.74, 6) is 1.39. The molecule has 146 valence electrons. The van der Waals surface area contributed by atoms with Gasteiger partial charge < -0.3 is 14.4 Å². The van der Waals surface area contributed by atoms with Crippen molar-refractivity contribution in [3.63, 3.8) is 0 Å². The van der Waals surface area contributed by atoms with Crippen molar-refractivity contribution in [2.75, 3.05) is 14.2 Å². The number of halogens is 1. The van der Waals surface area contributed by atoms with Gasteiger partial charge in [0.15, 0.2) is 0 Å². The number of hydrogen-bond donors (Lipinski definition) is 0. The number of aromatic nitrogens is 1. The Morgan fingerprint density at radius 2 is 1.96 bits per heavy atom. The average molecular weight is 461 g/mol. The van der Waals surface area contributed by atoms with Crippen LogP contribution in [0.3, 0.4) is 0 Å². The van der Waals surface area contributed by atoms with Crippen molar-refractivity contribution < 1.29 is 14.3 Å². The highest BCUT2D eigenvalue weighted by atomic mass is 79.9. The monoisotopic (exact) mass is 460 g/mol. The summed E-state index contributed by atoms with van der Waals surface area (Å²) in [5, 5.41) is 3.00. The zero-order chi connectivity index (χ0) is 20.1. The van der Waals surface area contributed by atoms with Crippen molar-refractivity contribution >= 4 is 33.2 Å². The van der Waals surface area contributed by atoms with Gasteiger partial charge in [0.1, 0.15) is 18.1 Å². The van der Waals surface area contributed by atoms with Gasteiger partial charge in [-0.3, -0.25) is 4.79 Å². The average Bonchev–Trinajstić information content (AvgIpc) is 3.11. The highest BCUT2D eigenvalue weighted by molar-refractivity contribution is 9.10. The molecule has 0 bridgehead atoms. The summed E-state index contributed by atoms with van der Waals surface area (Å²) < 4.78 is 12.1. The van der Waals surface area contributed by atoms with Gasteiger partial charge in [0.05, 0.1) is 17.8 Å². The fourth-order valence-electron chi connectivity index (χ4n) is 2.74. The Morgan fingerprint density at radius 1 is 1.21 bits per heavy atom. The van der Waals surface area contributed by atoms with E-state index in [1.165, 1.54) is 0 Å². The third kappa shape index (κ3) is 5.11. The third-order valence-electron chi connectivity index (χ3n) is 4.15. The molecular weight excluding hydrogens is 440 g/mol. The van der Waals surface area contributed by atoms with Gasteiger partial charge >= 0.3 is 0 Å². The fourth-order valence-corrected chi connectivity index (χ4v) is 3.75. The van der Waals surface area contributed by atoms with Gasteiger partial charge in [0.25, 0.3) is 5.91 Å². The number of ether oxygens (including phenoxy) is 2. The minimum absolute atomic E-state index is 0.0660. The van der Waals surface area contributed by atoms with Gasteiger partial charge in [-0.2, -0.15) is 0 Å². The predicted octanol–water partition coefficient (Wildman–Crippen LogP) is 5.07. The van der Waals surface area contributed by atoms with Crippen molar-refractivity contribution in [3.8, 4) is 11.5 Å². The van der Waals surface area contributed by atoms with Crippen LogP contribution in [0, 0.1) is 6.92 Å². The van der Waals surface area contributed by atoms with E-state index < -0.39 is 0 Å². The molecule has 0 fully saturated rings. The molecule has 5 nitrogen and oxygen atoms in total. The highest BCUT2D eigenvalue weighted by Gasteiger charge is 2.15. The van der Waals surface area contributed by atoms with E-state index in [1.807, 2.05) is 30.5 Å². The lowest BCUT2D eigenvalue weighted by Gasteiger charge is -2.19. The molecular formula is C21H21BrN2O3S. The van der Waals surface area contributed by atoms with Crippen LogP contribution in [0.5, 0.6) is 11.5 Å². The van der Waals surface area contributed by atoms with Gasteiger partial charge in [-0.15, -0.1) is 11.3 Å². The first kappa shape index (κ1) is 20.4. The molecule has 1 aromatic heterocycles. The van der Waals surface area contributed by atoms with Crippen LogP contribution in [0.1, 0.15) is 26.6 Å². The Kier molecular flexibility index (Phi) is 6.70. The number of nitrogens with zero attached hydrogens (tertiary/aromatic N) is 2. The summed E-state index contributed by atoms with van der Waals surface area (Å²) in [4.78, 5) is 18.8. The number of hydrogen-bond acceptors (Lipinski definition) is 5. The molecule has 3 rings (SSSR count). The molecule has 0 saturated heterocycles. The number of rotatable bonds is 7. The second-order valence-electron chi connectivity index (χ2n) is 6.29. The van der Waals surface area contributed by atoms with Gasteiger partial charge in [-0.05, 0) is 49.4 Å². The van der Waals surface area contributed by atoms with E-state index in [4.69, 9.17) is 9.47 Å². The summed E-state index contributed by atoms with van der Waals surface area (Å²) in [6.45, 7) is 2.83. The molecule has 1 heterocycles. The lowest BCUT2D eigenvalue weighted by molar-refractivity contribution is 0.0784. The molecule has 0 atom stereocenters. The van der Waals surface area contributed by atoms with Gasteiger partial charge in [-0.1, -0.05) is 15.9 Å². The lowest BCUT2D eigenvalue weighted by Crippen LogP contribution is -2.26. The number of benzene rings is 2. The molecule has 3 aromatic rings. The van der Waals surface area contributed by atoms with Crippen LogP contribution in [-0.4, -0.2) is 29.9 Å². The molecule has 0 aliphatic carbocycles. The van der Waals surface area contributed by atoms with Crippen molar-refractivity contribution in [1.82, 2.24) is 9.88 Å². The van der Waals surface area contributed by atoms with Crippen LogP contribution in [-0.2, 0) is 13.2 Å². The Labute approximate surface area is 177 Å². The predicted molar refractivity (Wildman–Crippen MR) is 114 cm³/mol. The largest absolute Gasteiger partial charge is 0.496 e. The maximum absolute atomic E-state index is 12.8. The van der Waals surface area contributed by atoms with E-state index in [0.29, 0.717) is 24.5 Å². The van der Waals surface area contributed by atoms with Gasteiger partial charge in [-0.25, -0.2) is 4.98 Å². The van der Waals surface area contributed by atoms with Crippen LogP contribution in [0.15, 0.2) is 52.3 Å². The maximum Gasteiger partial charge on any atom is 0.253 e. The van der Waals surface area contributed by atoms with Crippen molar-refractivity contribution in [2.45, 2.75) is 20.1 Å². The normalized spacial score (nSPS) is 10.6. The molecule has 0 spiro atoms. The molecule has 0 aliphatic heterocycles. The molecule has 0 N–H and O–H groups in total. The molecule has 2 aromatic carbocycles. The Balaban J connectivity index is 1.63. The standard InChI is InChI=1S/C21H21BrN2O3S/c1-14-23-18(13-28-14)12-27-19-7-4-15(5-8-19)21(25)24(2)11-16-10-17(22)6-9-20(16)26-3/h4-10,13H,11-12H2,1-3H3. The minimum Gasteiger partial charge on any atom is -0.496 e.